The van der Waals surface area contributed by atoms with Crippen molar-refractivity contribution < 1.29 is 23.1 Å². The summed E-state index contributed by atoms with van der Waals surface area (Å²) in [6, 6.07) is 0.342. The highest BCUT2D eigenvalue weighted by atomic mass is 127. The lowest BCUT2D eigenvalue weighted by atomic mass is 10.2. The smallest absolute Gasteiger partial charge is 0.341 e. The van der Waals surface area contributed by atoms with Gasteiger partial charge in [0, 0.05) is 6.07 Å². The van der Waals surface area contributed by atoms with Gasteiger partial charge in [-0.1, -0.05) is 0 Å². The molecule has 2 nitrogen and oxygen atoms in total. The molecule has 0 radical (unpaired) electrons. The maximum Gasteiger partial charge on any atom is 0.341 e. The lowest BCUT2D eigenvalue weighted by molar-refractivity contribution is 0.0686. The Bertz CT molecular complexity index is 378. The molecule has 0 heterocycles. The van der Waals surface area contributed by atoms with Crippen LogP contribution in [0.1, 0.15) is 10.4 Å². The molecule has 13 heavy (non-hydrogen) atoms. The second kappa shape index (κ2) is 3.52. The molecular formula is C7H2F3IO2. The zero-order valence-electron chi connectivity index (χ0n) is 5.94. The van der Waals surface area contributed by atoms with E-state index >= 15 is 0 Å². The molecule has 0 aliphatic carbocycles. The fraction of sp³-hybridized carbons (Fsp3) is 0. The first-order valence-corrected chi connectivity index (χ1v) is 4.09. The molecule has 0 fully saturated rings. The van der Waals surface area contributed by atoms with Crippen LogP contribution in [0.15, 0.2) is 6.07 Å². The van der Waals surface area contributed by atoms with E-state index in [1.807, 2.05) is 0 Å². The summed E-state index contributed by atoms with van der Waals surface area (Å²) in [7, 11) is 0. The second-order valence-corrected chi connectivity index (χ2v) is 3.23. The summed E-state index contributed by atoms with van der Waals surface area (Å²) in [6.45, 7) is 0. The standard InChI is InChI=1S/C7H2F3IO2/c8-2-1-3(9)6(11)5(10)4(2)7(12)13/h1H,(H,12,13). The predicted molar refractivity (Wildman–Crippen MR) is 46.0 cm³/mol. The van der Waals surface area contributed by atoms with Gasteiger partial charge in [-0.05, 0) is 22.6 Å². The number of rotatable bonds is 1. The Hall–Kier alpha value is -0.790. The molecule has 0 aromatic heterocycles. The summed E-state index contributed by atoms with van der Waals surface area (Å²) in [6.07, 6.45) is 0. The first-order valence-electron chi connectivity index (χ1n) is 3.01. The Balaban J connectivity index is 3.53. The Labute approximate surface area is 84.5 Å². The van der Waals surface area contributed by atoms with Gasteiger partial charge in [-0.15, -0.1) is 0 Å². The highest BCUT2D eigenvalue weighted by molar-refractivity contribution is 14.1. The molecule has 1 rings (SSSR count). The quantitative estimate of drug-likeness (QED) is 0.491. The van der Waals surface area contributed by atoms with E-state index in [-0.39, 0.29) is 0 Å². The SMILES string of the molecule is O=C(O)c1c(F)cc(F)c(I)c1F. The van der Waals surface area contributed by atoms with Gasteiger partial charge in [0.2, 0.25) is 0 Å². The summed E-state index contributed by atoms with van der Waals surface area (Å²) in [5.41, 5.74) is -1.13. The Kier molecular flexibility index (Phi) is 2.79. The molecule has 0 atom stereocenters. The van der Waals surface area contributed by atoms with Gasteiger partial charge >= 0.3 is 5.97 Å². The van der Waals surface area contributed by atoms with Crippen molar-refractivity contribution >= 4 is 28.6 Å². The zero-order valence-corrected chi connectivity index (χ0v) is 8.10. The third kappa shape index (κ3) is 1.77. The van der Waals surface area contributed by atoms with Gasteiger partial charge in [-0.25, -0.2) is 18.0 Å². The third-order valence-corrected chi connectivity index (χ3v) is 2.32. The van der Waals surface area contributed by atoms with Crippen LogP contribution in [0.3, 0.4) is 0 Å². The average Bonchev–Trinajstić information content (AvgIpc) is 1.99. The average molecular weight is 302 g/mol. The molecule has 70 valence electrons. The molecule has 0 amide bonds. The summed E-state index contributed by atoms with van der Waals surface area (Å²) in [5.74, 6) is -5.66. The number of benzene rings is 1. The Morgan fingerprint density at radius 1 is 1.31 bits per heavy atom. The summed E-state index contributed by atoms with van der Waals surface area (Å²) >= 11 is 1.26. The van der Waals surface area contributed by atoms with E-state index in [0.717, 1.165) is 0 Å². The highest BCUT2D eigenvalue weighted by Crippen LogP contribution is 2.21. The van der Waals surface area contributed by atoms with E-state index in [1.165, 1.54) is 22.6 Å². The van der Waals surface area contributed by atoms with Crippen molar-refractivity contribution in [2.24, 2.45) is 0 Å². The molecule has 1 aromatic rings. The van der Waals surface area contributed by atoms with Crippen LogP contribution in [-0.4, -0.2) is 11.1 Å². The minimum atomic E-state index is -1.76. The molecule has 1 aromatic carbocycles. The van der Waals surface area contributed by atoms with Gasteiger partial charge < -0.3 is 5.11 Å². The summed E-state index contributed by atoms with van der Waals surface area (Å²) in [5, 5.41) is 8.36. The van der Waals surface area contributed by atoms with Crippen LogP contribution in [0, 0.1) is 21.0 Å². The van der Waals surface area contributed by atoms with E-state index in [9.17, 15) is 18.0 Å². The molecule has 0 bridgehead atoms. The van der Waals surface area contributed by atoms with E-state index in [0.29, 0.717) is 6.07 Å². The lowest BCUT2D eigenvalue weighted by Crippen LogP contribution is -2.07. The first-order chi connectivity index (χ1) is 5.95. The van der Waals surface area contributed by atoms with Crippen LogP contribution in [0.25, 0.3) is 0 Å². The van der Waals surface area contributed by atoms with Crippen molar-refractivity contribution in [1.82, 2.24) is 0 Å². The normalized spacial score (nSPS) is 10.2. The van der Waals surface area contributed by atoms with Crippen molar-refractivity contribution in [3.8, 4) is 0 Å². The number of hydrogen-bond acceptors (Lipinski definition) is 1. The largest absolute Gasteiger partial charge is 0.477 e. The predicted octanol–water partition coefficient (Wildman–Crippen LogP) is 2.41. The monoisotopic (exact) mass is 302 g/mol. The van der Waals surface area contributed by atoms with Crippen molar-refractivity contribution in [2.45, 2.75) is 0 Å². The summed E-state index contributed by atoms with van der Waals surface area (Å²) in [4.78, 5) is 10.3. The number of aromatic carboxylic acids is 1. The van der Waals surface area contributed by atoms with Gasteiger partial charge in [0.15, 0.2) is 5.82 Å². The minimum absolute atomic E-state index is 0.342. The maximum atomic E-state index is 12.9. The molecule has 6 heteroatoms. The summed E-state index contributed by atoms with van der Waals surface area (Å²) < 4.78 is 37.7. The first kappa shape index (κ1) is 10.3. The fourth-order valence-electron chi connectivity index (χ4n) is 0.762. The van der Waals surface area contributed by atoms with Crippen LogP contribution >= 0.6 is 22.6 Å². The maximum absolute atomic E-state index is 12.9. The van der Waals surface area contributed by atoms with E-state index in [2.05, 4.69) is 0 Å². The van der Waals surface area contributed by atoms with Crippen LogP contribution in [0.4, 0.5) is 13.2 Å². The highest BCUT2D eigenvalue weighted by Gasteiger charge is 2.21. The van der Waals surface area contributed by atoms with Gasteiger partial charge in [0.25, 0.3) is 0 Å². The molecule has 0 spiro atoms. The van der Waals surface area contributed by atoms with Gasteiger partial charge in [0.1, 0.15) is 17.2 Å². The molecule has 0 aliphatic rings. The lowest BCUT2D eigenvalue weighted by Gasteiger charge is -2.02. The minimum Gasteiger partial charge on any atom is -0.477 e. The van der Waals surface area contributed by atoms with Crippen molar-refractivity contribution in [2.75, 3.05) is 0 Å². The molecular weight excluding hydrogens is 300 g/mol. The van der Waals surface area contributed by atoms with Crippen molar-refractivity contribution in [1.29, 1.82) is 0 Å². The number of hydrogen-bond donors (Lipinski definition) is 1. The molecule has 0 unspecified atom stereocenters. The van der Waals surface area contributed by atoms with Crippen molar-refractivity contribution in [3.05, 3.63) is 32.7 Å². The van der Waals surface area contributed by atoms with Crippen molar-refractivity contribution in [3.63, 3.8) is 0 Å². The third-order valence-electron chi connectivity index (χ3n) is 1.33. The van der Waals surface area contributed by atoms with Gasteiger partial charge in [0.05, 0.1) is 3.57 Å². The van der Waals surface area contributed by atoms with E-state index in [1.54, 1.807) is 0 Å². The molecule has 0 saturated carbocycles. The van der Waals surface area contributed by atoms with Gasteiger partial charge in [-0.2, -0.15) is 0 Å². The van der Waals surface area contributed by atoms with Gasteiger partial charge in [-0.3, -0.25) is 0 Å². The zero-order chi connectivity index (χ0) is 10.2. The van der Waals surface area contributed by atoms with Crippen LogP contribution in [-0.2, 0) is 0 Å². The van der Waals surface area contributed by atoms with E-state index < -0.39 is 32.6 Å². The number of carbonyl (C=O) groups is 1. The molecule has 0 saturated heterocycles. The van der Waals surface area contributed by atoms with Crippen LogP contribution < -0.4 is 0 Å². The molecule has 0 aliphatic heterocycles. The van der Waals surface area contributed by atoms with Crippen LogP contribution in [0.2, 0.25) is 0 Å². The topological polar surface area (TPSA) is 37.3 Å². The Morgan fingerprint density at radius 2 is 1.85 bits per heavy atom. The van der Waals surface area contributed by atoms with E-state index in [4.69, 9.17) is 5.11 Å². The Morgan fingerprint density at radius 3 is 2.31 bits per heavy atom. The number of carboxylic acid groups (broad SMARTS) is 1. The molecule has 1 N–H and O–H groups in total. The fourth-order valence-corrected chi connectivity index (χ4v) is 1.19. The number of halogens is 4. The second-order valence-electron chi connectivity index (χ2n) is 2.15. The van der Waals surface area contributed by atoms with Crippen LogP contribution in [0.5, 0.6) is 0 Å². The number of carboxylic acids is 1.